The molecule has 0 radical (unpaired) electrons. The van der Waals surface area contributed by atoms with Gasteiger partial charge in [-0.1, -0.05) is 30.3 Å². The fourth-order valence-corrected chi connectivity index (χ4v) is 4.11. The molecule has 0 atom stereocenters. The third-order valence-corrected chi connectivity index (χ3v) is 6.11. The number of fused-ring (bicyclic) bond motifs is 1. The first kappa shape index (κ1) is 24.8. The number of aromatic nitrogens is 5. The van der Waals surface area contributed by atoms with Crippen molar-refractivity contribution in [1.29, 1.82) is 0 Å². The van der Waals surface area contributed by atoms with Crippen molar-refractivity contribution in [3.63, 3.8) is 0 Å². The molecule has 0 aliphatic carbocycles. The molecule has 3 aromatic heterocycles. The van der Waals surface area contributed by atoms with Crippen molar-refractivity contribution in [1.82, 2.24) is 24.0 Å². The number of methoxy groups -OCH3 is 1. The molecule has 0 unspecified atom stereocenters. The maximum atomic E-state index is 14.0. The van der Waals surface area contributed by atoms with E-state index in [0.29, 0.717) is 27.2 Å². The summed E-state index contributed by atoms with van der Waals surface area (Å²) in [5, 5.41) is 6.38. The Kier molecular flexibility index (Phi) is 6.02. The zero-order valence-corrected chi connectivity index (χ0v) is 20.4. The molecule has 0 saturated carbocycles. The molecule has 1 amide bonds. The van der Waals surface area contributed by atoms with E-state index in [4.69, 9.17) is 4.74 Å². The summed E-state index contributed by atoms with van der Waals surface area (Å²) in [6.07, 6.45) is -4.78. The number of nitrogens with one attached hydrogen (secondary N) is 1. The predicted octanol–water partition coefficient (Wildman–Crippen LogP) is 4.47. The third kappa shape index (κ3) is 4.29. The molecule has 5 aromatic rings. The van der Waals surface area contributed by atoms with Gasteiger partial charge in [0.05, 0.1) is 24.2 Å². The molecule has 0 bridgehead atoms. The van der Waals surface area contributed by atoms with Crippen LogP contribution in [0.1, 0.15) is 21.9 Å². The number of anilines is 1. The Bertz CT molecular complexity index is 1740. The van der Waals surface area contributed by atoms with Crippen LogP contribution < -0.4 is 15.6 Å². The van der Waals surface area contributed by atoms with Crippen LogP contribution in [0.15, 0.2) is 71.5 Å². The molecule has 9 nitrogen and oxygen atoms in total. The average Bonchev–Trinajstić information content (AvgIpc) is 3.43. The summed E-state index contributed by atoms with van der Waals surface area (Å²) in [7, 11) is 3.10. The number of para-hydroxylation sites is 1. The number of amides is 1. The number of ether oxygens (including phenoxy) is 1. The number of nitrogens with zero attached hydrogens (tertiary/aromatic N) is 5. The number of carbonyl (C=O) groups is 1. The molecule has 0 spiro atoms. The average molecular weight is 522 g/mol. The molecule has 3 heterocycles. The molecule has 12 heteroatoms. The fraction of sp³-hybridized carbons (Fsp3) is 0.154. The van der Waals surface area contributed by atoms with Crippen LogP contribution in [-0.2, 0) is 13.2 Å². The van der Waals surface area contributed by atoms with Crippen molar-refractivity contribution in [3.8, 4) is 22.7 Å². The summed E-state index contributed by atoms with van der Waals surface area (Å²) in [6.45, 7) is 1.64. The molecule has 2 aromatic carbocycles. The zero-order valence-electron chi connectivity index (χ0n) is 20.4. The van der Waals surface area contributed by atoms with E-state index in [1.165, 1.54) is 11.8 Å². The normalized spacial score (nSPS) is 11.6. The smallest absolute Gasteiger partial charge is 0.433 e. The number of rotatable bonds is 5. The quantitative estimate of drug-likeness (QED) is 0.368. The van der Waals surface area contributed by atoms with E-state index in [0.717, 1.165) is 12.1 Å². The highest BCUT2D eigenvalue weighted by Crippen LogP contribution is 2.33. The molecule has 0 fully saturated rings. The van der Waals surface area contributed by atoms with E-state index in [1.807, 2.05) is 0 Å². The largest absolute Gasteiger partial charge is 0.497 e. The summed E-state index contributed by atoms with van der Waals surface area (Å²) >= 11 is 0. The highest BCUT2D eigenvalue weighted by molar-refractivity contribution is 6.03. The molecule has 0 aliphatic heterocycles. The Balaban J connectivity index is 1.56. The van der Waals surface area contributed by atoms with Crippen molar-refractivity contribution >= 4 is 17.2 Å². The SMILES string of the molecule is COc1cccc(-c2cc(C(F)(F)F)n3nc(C(=O)Nc4c(C)n(C)n(-c5ccccc5)c4=O)cc3n2)c1. The second-order valence-corrected chi connectivity index (χ2v) is 8.45. The van der Waals surface area contributed by atoms with E-state index in [2.05, 4.69) is 15.4 Å². The van der Waals surface area contributed by atoms with Crippen LogP contribution in [-0.4, -0.2) is 37.0 Å². The molecule has 194 valence electrons. The topological polar surface area (TPSA) is 95.5 Å². The van der Waals surface area contributed by atoms with Crippen molar-refractivity contribution < 1.29 is 22.7 Å². The van der Waals surface area contributed by atoms with Crippen LogP contribution in [0.5, 0.6) is 5.75 Å². The minimum absolute atomic E-state index is 0.0144. The van der Waals surface area contributed by atoms with Crippen LogP contribution in [0.3, 0.4) is 0 Å². The lowest BCUT2D eigenvalue weighted by atomic mass is 10.1. The fourth-order valence-electron chi connectivity index (χ4n) is 4.11. The van der Waals surface area contributed by atoms with E-state index >= 15 is 0 Å². The standard InChI is InChI=1S/C26H21F3N6O3/c1-15-23(25(37)35(33(15)2)17-9-5-4-6-10-17)31-24(36)20-14-22-30-19(16-8-7-11-18(12-16)38-3)13-21(26(27,28)29)34(22)32-20/h4-14H,1-3H3,(H,31,36). The Labute approximate surface area is 213 Å². The first-order valence-corrected chi connectivity index (χ1v) is 11.4. The highest BCUT2D eigenvalue weighted by atomic mass is 19.4. The van der Waals surface area contributed by atoms with Crippen molar-refractivity contribution in [2.75, 3.05) is 12.4 Å². The van der Waals surface area contributed by atoms with Crippen molar-refractivity contribution in [3.05, 3.63) is 94.2 Å². The van der Waals surface area contributed by atoms with E-state index in [1.54, 1.807) is 73.3 Å². The van der Waals surface area contributed by atoms with Gasteiger partial charge in [0.2, 0.25) is 0 Å². The lowest BCUT2D eigenvalue weighted by Gasteiger charge is -2.11. The number of hydrogen-bond acceptors (Lipinski definition) is 5. The first-order chi connectivity index (χ1) is 18.1. The monoisotopic (exact) mass is 522 g/mol. The lowest BCUT2D eigenvalue weighted by Crippen LogP contribution is -2.23. The molecule has 38 heavy (non-hydrogen) atoms. The maximum Gasteiger partial charge on any atom is 0.433 e. The van der Waals surface area contributed by atoms with Gasteiger partial charge in [0, 0.05) is 18.7 Å². The molecular formula is C26H21F3N6O3. The molecule has 0 aliphatic rings. The summed E-state index contributed by atoms with van der Waals surface area (Å²) in [5.41, 5.74) is -0.685. The summed E-state index contributed by atoms with van der Waals surface area (Å²) in [4.78, 5) is 30.5. The third-order valence-electron chi connectivity index (χ3n) is 6.11. The van der Waals surface area contributed by atoms with Gasteiger partial charge >= 0.3 is 6.18 Å². The van der Waals surface area contributed by atoms with E-state index in [9.17, 15) is 22.8 Å². The lowest BCUT2D eigenvalue weighted by molar-refractivity contribution is -0.142. The van der Waals surface area contributed by atoms with E-state index in [-0.39, 0.29) is 22.7 Å². The van der Waals surface area contributed by atoms with Gasteiger partial charge in [-0.15, -0.1) is 0 Å². The predicted molar refractivity (Wildman–Crippen MR) is 134 cm³/mol. The van der Waals surface area contributed by atoms with Crippen LogP contribution in [0.25, 0.3) is 22.6 Å². The number of benzene rings is 2. The Hall–Kier alpha value is -4.87. The van der Waals surface area contributed by atoms with Crippen LogP contribution >= 0.6 is 0 Å². The van der Waals surface area contributed by atoms with Gasteiger partial charge in [0.25, 0.3) is 11.5 Å². The van der Waals surface area contributed by atoms with E-state index < -0.39 is 23.3 Å². The number of hydrogen-bond donors (Lipinski definition) is 1. The van der Waals surface area contributed by atoms with Crippen molar-refractivity contribution in [2.45, 2.75) is 13.1 Å². The van der Waals surface area contributed by atoms with Gasteiger partial charge < -0.3 is 10.1 Å². The first-order valence-electron chi connectivity index (χ1n) is 11.4. The van der Waals surface area contributed by atoms with Gasteiger partial charge in [-0.2, -0.15) is 18.3 Å². The second kappa shape index (κ2) is 9.21. The Morgan fingerprint density at radius 3 is 2.45 bits per heavy atom. The Morgan fingerprint density at radius 2 is 1.76 bits per heavy atom. The van der Waals surface area contributed by atoms with Crippen LogP contribution in [0, 0.1) is 6.92 Å². The summed E-state index contributed by atoms with van der Waals surface area (Å²) in [6, 6.07) is 17.3. The highest BCUT2D eigenvalue weighted by Gasteiger charge is 2.36. The van der Waals surface area contributed by atoms with Gasteiger partial charge in [-0.3, -0.25) is 14.3 Å². The minimum Gasteiger partial charge on any atom is -0.497 e. The number of carbonyl (C=O) groups excluding carboxylic acids is 1. The summed E-state index contributed by atoms with van der Waals surface area (Å²) in [5.74, 6) is -0.400. The van der Waals surface area contributed by atoms with Gasteiger partial charge in [-0.25, -0.2) is 14.2 Å². The van der Waals surface area contributed by atoms with Crippen molar-refractivity contribution in [2.24, 2.45) is 7.05 Å². The van der Waals surface area contributed by atoms with Gasteiger partial charge in [0.1, 0.15) is 11.4 Å². The maximum absolute atomic E-state index is 14.0. The number of alkyl halides is 3. The van der Waals surface area contributed by atoms with Gasteiger partial charge in [0.15, 0.2) is 17.0 Å². The van der Waals surface area contributed by atoms with Crippen LogP contribution in [0.2, 0.25) is 0 Å². The minimum atomic E-state index is -4.78. The van der Waals surface area contributed by atoms with Gasteiger partial charge in [-0.05, 0) is 37.3 Å². The molecular weight excluding hydrogens is 501 g/mol. The molecule has 1 N–H and O–H groups in total. The molecule has 0 saturated heterocycles. The Morgan fingerprint density at radius 1 is 1.03 bits per heavy atom. The number of halogens is 3. The second-order valence-electron chi connectivity index (χ2n) is 8.45. The van der Waals surface area contributed by atoms with Crippen LogP contribution in [0.4, 0.5) is 18.9 Å². The zero-order chi connectivity index (χ0) is 27.2. The molecule has 5 rings (SSSR count). The summed E-state index contributed by atoms with van der Waals surface area (Å²) < 4.78 is 50.6.